The Morgan fingerprint density at radius 2 is 1.68 bits per heavy atom. The van der Waals surface area contributed by atoms with Gasteiger partial charge in [-0.2, -0.15) is 0 Å². The standard InChI is InChI=1S/C23H22N4O/c1-26(2)15-17-7-9-18(10-8-17)23(28)25-19-11-13-20(14-12-19)27-16-24-21-5-3-4-6-22(21)27/h3-14,16H,15H2,1-2H3,(H,25,28). The molecule has 0 aliphatic rings. The number of carbonyl (C=O) groups excluding carboxylic acids is 1. The Morgan fingerprint density at radius 3 is 2.39 bits per heavy atom. The number of anilines is 1. The lowest BCUT2D eigenvalue weighted by Crippen LogP contribution is -2.13. The van der Waals surface area contributed by atoms with Crippen molar-refractivity contribution in [2.75, 3.05) is 19.4 Å². The van der Waals surface area contributed by atoms with Gasteiger partial charge in [-0.1, -0.05) is 24.3 Å². The highest BCUT2D eigenvalue weighted by Gasteiger charge is 2.08. The lowest BCUT2D eigenvalue weighted by molar-refractivity contribution is 0.102. The van der Waals surface area contributed by atoms with Crippen LogP contribution in [0.25, 0.3) is 16.7 Å². The summed E-state index contributed by atoms with van der Waals surface area (Å²) < 4.78 is 2.03. The summed E-state index contributed by atoms with van der Waals surface area (Å²) in [4.78, 5) is 19.0. The Hall–Kier alpha value is -3.44. The van der Waals surface area contributed by atoms with Crippen molar-refractivity contribution in [2.45, 2.75) is 6.54 Å². The third kappa shape index (κ3) is 3.80. The summed E-state index contributed by atoms with van der Waals surface area (Å²) in [5, 5.41) is 2.95. The first-order valence-corrected chi connectivity index (χ1v) is 9.18. The van der Waals surface area contributed by atoms with Crippen molar-refractivity contribution in [3.05, 3.63) is 90.3 Å². The van der Waals surface area contributed by atoms with Crippen molar-refractivity contribution in [3.8, 4) is 5.69 Å². The first-order chi connectivity index (χ1) is 13.6. The molecule has 1 amide bonds. The SMILES string of the molecule is CN(C)Cc1ccc(C(=O)Nc2ccc(-n3cnc4ccccc43)cc2)cc1. The van der Waals surface area contributed by atoms with Crippen LogP contribution in [0.3, 0.4) is 0 Å². The summed E-state index contributed by atoms with van der Waals surface area (Å²) in [6, 6.07) is 23.5. The van der Waals surface area contributed by atoms with Gasteiger partial charge in [0.15, 0.2) is 0 Å². The maximum atomic E-state index is 12.5. The van der Waals surface area contributed by atoms with Gasteiger partial charge < -0.3 is 10.2 Å². The number of fused-ring (bicyclic) bond motifs is 1. The molecule has 1 aromatic heterocycles. The lowest BCUT2D eigenvalue weighted by Gasteiger charge is -2.11. The highest BCUT2D eigenvalue weighted by atomic mass is 16.1. The molecule has 28 heavy (non-hydrogen) atoms. The number of imidazole rings is 1. The van der Waals surface area contributed by atoms with Gasteiger partial charge in [0.1, 0.15) is 6.33 Å². The lowest BCUT2D eigenvalue weighted by atomic mass is 10.1. The van der Waals surface area contributed by atoms with E-state index in [0.717, 1.165) is 29.0 Å². The first-order valence-electron chi connectivity index (χ1n) is 9.18. The van der Waals surface area contributed by atoms with Crippen LogP contribution >= 0.6 is 0 Å². The number of hydrogen-bond donors (Lipinski definition) is 1. The van der Waals surface area contributed by atoms with Gasteiger partial charge in [0.2, 0.25) is 0 Å². The molecule has 0 bridgehead atoms. The summed E-state index contributed by atoms with van der Waals surface area (Å²) in [5.74, 6) is -0.114. The molecule has 0 saturated heterocycles. The number of nitrogens with zero attached hydrogens (tertiary/aromatic N) is 3. The smallest absolute Gasteiger partial charge is 0.255 e. The number of aromatic nitrogens is 2. The molecule has 0 fully saturated rings. The van der Waals surface area contributed by atoms with Crippen molar-refractivity contribution >= 4 is 22.6 Å². The van der Waals surface area contributed by atoms with Crippen LogP contribution in [0.1, 0.15) is 15.9 Å². The largest absolute Gasteiger partial charge is 0.322 e. The van der Waals surface area contributed by atoms with E-state index in [9.17, 15) is 4.79 Å². The van der Waals surface area contributed by atoms with Crippen LogP contribution in [0.2, 0.25) is 0 Å². The van der Waals surface area contributed by atoms with Crippen LogP contribution in [0.5, 0.6) is 0 Å². The van der Waals surface area contributed by atoms with Gasteiger partial charge in [0.05, 0.1) is 11.0 Å². The zero-order chi connectivity index (χ0) is 19.5. The van der Waals surface area contributed by atoms with Gasteiger partial charge in [0, 0.05) is 23.5 Å². The van der Waals surface area contributed by atoms with Gasteiger partial charge in [-0.05, 0) is 68.2 Å². The van der Waals surface area contributed by atoms with E-state index in [0.29, 0.717) is 5.56 Å². The Bertz CT molecular complexity index is 1100. The van der Waals surface area contributed by atoms with Crippen molar-refractivity contribution in [2.24, 2.45) is 0 Å². The molecule has 0 saturated carbocycles. The molecule has 0 atom stereocenters. The summed E-state index contributed by atoms with van der Waals surface area (Å²) in [5.41, 5.74) is 5.59. The number of hydrogen-bond acceptors (Lipinski definition) is 3. The third-order valence-corrected chi connectivity index (χ3v) is 4.57. The maximum Gasteiger partial charge on any atom is 0.255 e. The molecule has 5 nitrogen and oxygen atoms in total. The van der Waals surface area contributed by atoms with Crippen LogP contribution in [0, 0.1) is 0 Å². The normalized spacial score (nSPS) is 11.1. The monoisotopic (exact) mass is 370 g/mol. The first kappa shape index (κ1) is 17.9. The fraction of sp³-hybridized carbons (Fsp3) is 0.130. The summed E-state index contributed by atoms with van der Waals surface area (Å²) >= 11 is 0. The Kier molecular flexibility index (Phi) is 4.91. The molecule has 140 valence electrons. The molecular formula is C23H22N4O. The molecule has 3 aromatic carbocycles. The maximum absolute atomic E-state index is 12.5. The Balaban J connectivity index is 1.48. The van der Waals surface area contributed by atoms with E-state index in [1.54, 1.807) is 0 Å². The fourth-order valence-electron chi connectivity index (χ4n) is 3.20. The second-order valence-electron chi connectivity index (χ2n) is 7.04. The predicted octanol–water partition coefficient (Wildman–Crippen LogP) is 4.34. The van der Waals surface area contributed by atoms with Gasteiger partial charge in [-0.3, -0.25) is 9.36 Å². The zero-order valence-electron chi connectivity index (χ0n) is 16.0. The molecule has 1 N–H and O–H groups in total. The Labute approximate surface area is 164 Å². The minimum absolute atomic E-state index is 0.114. The molecule has 4 aromatic rings. The van der Waals surface area contributed by atoms with Crippen molar-refractivity contribution in [3.63, 3.8) is 0 Å². The number of rotatable bonds is 5. The number of para-hydroxylation sites is 2. The summed E-state index contributed by atoms with van der Waals surface area (Å²) in [7, 11) is 4.05. The highest BCUT2D eigenvalue weighted by Crippen LogP contribution is 2.20. The average molecular weight is 370 g/mol. The minimum Gasteiger partial charge on any atom is -0.322 e. The van der Waals surface area contributed by atoms with Crippen LogP contribution in [0.15, 0.2) is 79.1 Å². The van der Waals surface area contributed by atoms with E-state index in [1.807, 2.05) is 97.8 Å². The molecular weight excluding hydrogens is 348 g/mol. The third-order valence-electron chi connectivity index (χ3n) is 4.57. The topological polar surface area (TPSA) is 50.2 Å². The Morgan fingerprint density at radius 1 is 0.964 bits per heavy atom. The molecule has 1 heterocycles. The number of nitrogens with one attached hydrogen (secondary N) is 1. The molecule has 0 unspecified atom stereocenters. The van der Waals surface area contributed by atoms with E-state index < -0.39 is 0 Å². The second-order valence-corrected chi connectivity index (χ2v) is 7.04. The molecule has 0 aliphatic carbocycles. The quantitative estimate of drug-likeness (QED) is 0.569. The van der Waals surface area contributed by atoms with Gasteiger partial charge >= 0.3 is 0 Å². The number of benzene rings is 3. The van der Waals surface area contributed by atoms with Crippen molar-refractivity contribution in [1.29, 1.82) is 0 Å². The van der Waals surface area contributed by atoms with Crippen molar-refractivity contribution in [1.82, 2.24) is 14.5 Å². The molecule has 5 heteroatoms. The zero-order valence-corrected chi connectivity index (χ0v) is 16.0. The summed E-state index contributed by atoms with van der Waals surface area (Å²) in [6.07, 6.45) is 1.81. The van der Waals surface area contributed by atoms with Crippen LogP contribution in [-0.2, 0) is 6.54 Å². The van der Waals surface area contributed by atoms with Crippen LogP contribution in [0.4, 0.5) is 5.69 Å². The highest BCUT2D eigenvalue weighted by molar-refractivity contribution is 6.04. The fourth-order valence-corrected chi connectivity index (χ4v) is 3.20. The number of amides is 1. The number of carbonyl (C=O) groups is 1. The van der Waals surface area contributed by atoms with E-state index >= 15 is 0 Å². The van der Waals surface area contributed by atoms with E-state index in [1.165, 1.54) is 5.56 Å². The van der Waals surface area contributed by atoms with Gasteiger partial charge in [0.25, 0.3) is 5.91 Å². The second kappa shape index (κ2) is 7.66. The predicted molar refractivity (Wildman–Crippen MR) is 113 cm³/mol. The molecule has 0 aliphatic heterocycles. The van der Waals surface area contributed by atoms with Gasteiger partial charge in [-0.25, -0.2) is 4.98 Å². The van der Waals surface area contributed by atoms with E-state index in [4.69, 9.17) is 0 Å². The molecule has 0 radical (unpaired) electrons. The summed E-state index contributed by atoms with van der Waals surface area (Å²) in [6.45, 7) is 0.853. The van der Waals surface area contributed by atoms with Crippen LogP contribution < -0.4 is 5.32 Å². The average Bonchev–Trinajstić information content (AvgIpc) is 3.13. The molecule has 4 rings (SSSR count). The minimum atomic E-state index is -0.114. The van der Waals surface area contributed by atoms with E-state index in [-0.39, 0.29) is 5.91 Å². The van der Waals surface area contributed by atoms with Crippen LogP contribution in [-0.4, -0.2) is 34.5 Å². The molecule has 0 spiro atoms. The van der Waals surface area contributed by atoms with Crippen molar-refractivity contribution < 1.29 is 4.79 Å². The van der Waals surface area contributed by atoms with E-state index in [2.05, 4.69) is 15.2 Å². The van der Waals surface area contributed by atoms with Gasteiger partial charge in [-0.15, -0.1) is 0 Å².